The number of fused-ring (bicyclic) bond motifs is 1. The molecule has 2 aromatic carbocycles. The topological polar surface area (TPSA) is 211 Å². The molecule has 17 nitrogen and oxygen atoms in total. The molecule has 7 rings (SSSR count). The molecule has 2 saturated heterocycles. The molecule has 0 bridgehead atoms. The summed E-state index contributed by atoms with van der Waals surface area (Å²) in [6.45, 7) is 5.37. The molecule has 0 aromatic heterocycles. The minimum Gasteiger partial charge on any atom is -0.445 e. The minimum absolute atomic E-state index is 0.0479. The Labute approximate surface area is 348 Å². The van der Waals surface area contributed by atoms with Gasteiger partial charge in [-0.1, -0.05) is 106 Å². The molecule has 15 atom stereocenters. The van der Waals surface area contributed by atoms with Crippen molar-refractivity contribution in [2.45, 2.75) is 139 Å². The van der Waals surface area contributed by atoms with Gasteiger partial charge in [0.05, 0.1) is 31.0 Å². The van der Waals surface area contributed by atoms with Crippen LogP contribution in [0.4, 0.5) is 14.4 Å². The Bertz CT molecular complexity index is 1790. The number of ether oxygens (including phenoxy) is 9. The fraction of sp³-hybridized carbons (Fsp3) is 0.558. The van der Waals surface area contributed by atoms with Crippen LogP contribution in [0.3, 0.4) is 0 Å². The van der Waals surface area contributed by atoms with E-state index >= 15 is 0 Å². The number of rotatable bonds is 15. The van der Waals surface area contributed by atoms with E-state index in [2.05, 4.69) is 16.0 Å². The lowest BCUT2D eigenvalue weighted by atomic mass is 9.80. The summed E-state index contributed by atoms with van der Waals surface area (Å²) in [6.07, 6.45) is -3.79. The van der Waals surface area contributed by atoms with Crippen molar-refractivity contribution in [3.63, 3.8) is 0 Å². The average Bonchev–Trinajstić information content (AvgIpc) is 3.78. The maximum Gasteiger partial charge on any atom is 0.408 e. The van der Waals surface area contributed by atoms with Crippen LogP contribution in [-0.4, -0.2) is 121 Å². The van der Waals surface area contributed by atoms with Crippen LogP contribution in [0.15, 0.2) is 85.0 Å². The van der Waals surface area contributed by atoms with E-state index < -0.39 is 98.5 Å². The highest BCUT2D eigenvalue weighted by atomic mass is 16.8. The van der Waals surface area contributed by atoms with Crippen LogP contribution in [0.5, 0.6) is 0 Å². The Balaban J connectivity index is 1.05. The zero-order valence-corrected chi connectivity index (χ0v) is 33.8. The monoisotopic (exact) mass is 837 g/mol. The molecule has 0 spiro atoms. The molecule has 4 aliphatic heterocycles. The number of hydrogen-bond acceptors (Lipinski definition) is 14. The maximum atomic E-state index is 13.0. The first-order valence-corrected chi connectivity index (χ1v) is 20.6. The summed E-state index contributed by atoms with van der Waals surface area (Å²) in [7, 11) is 0. The second kappa shape index (κ2) is 20.3. The van der Waals surface area contributed by atoms with Crippen molar-refractivity contribution < 1.29 is 67.2 Å². The van der Waals surface area contributed by atoms with E-state index in [1.54, 1.807) is 18.2 Å². The van der Waals surface area contributed by atoms with Gasteiger partial charge >= 0.3 is 18.3 Å². The molecule has 326 valence electrons. The highest BCUT2D eigenvalue weighted by Gasteiger charge is 2.56. The summed E-state index contributed by atoms with van der Waals surface area (Å²) in [5.41, 5.74) is 1.63. The largest absolute Gasteiger partial charge is 0.445 e. The molecule has 1 aliphatic carbocycles. The molecule has 5 N–H and O–H groups in total. The van der Waals surface area contributed by atoms with E-state index in [0.29, 0.717) is 19.3 Å². The van der Waals surface area contributed by atoms with Crippen molar-refractivity contribution in [2.75, 3.05) is 6.61 Å². The van der Waals surface area contributed by atoms with Gasteiger partial charge < -0.3 is 68.8 Å². The minimum atomic E-state index is -1.49. The van der Waals surface area contributed by atoms with E-state index in [9.17, 15) is 24.6 Å². The van der Waals surface area contributed by atoms with Gasteiger partial charge in [-0.05, 0) is 36.3 Å². The molecule has 0 radical (unpaired) electrons. The Morgan fingerprint density at radius 1 is 0.733 bits per heavy atom. The van der Waals surface area contributed by atoms with Crippen LogP contribution >= 0.6 is 0 Å². The number of carbonyl (C=O) groups excluding carboxylic acids is 3. The number of benzene rings is 2. The Kier molecular flexibility index (Phi) is 14.7. The highest BCUT2D eigenvalue weighted by Crippen LogP contribution is 2.39. The van der Waals surface area contributed by atoms with Gasteiger partial charge in [0.2, 0.25) is 0 Å². The molecule has 1 saturated carbocycles. The molecule has 17 heteroatoms. The van der Waals surface area contributed by atoms with Gasteiger partial charge in [-0.3, -0.25) is 0 Å². The smallest absolute Gasteiger partial charge is 0.408 e. The van der Waals surface area contributed by atoms with Gasteiger partial charge in [-0.2, -0.15) is 0 Å². The predicted molar refractivity (Wildman–Crippen MR) is 211 cm³/mol. The van der Waals surface area contributed by atoms with E-state index in [1.807, 2.05) is 87.5 Å². The van der Waals surface area contributed by atoms with Crippen molar-refractivity contribution in [1.82, 2.24) is 16.0 Å². The summed E-state index contributed by atoms with van der Waals surface area (Å²) >= 11 is 0. The van der Waals surface area contributed by atoms with E-state index in [-0.39, 0.29) is 31.3 Å². The molecule has 3 amide bonds. The number of alkyl carbamates (subject to hydrolysis) is 3. The third-order valence-corrected chi connectivity index (χ3v) is 11.2. The zero-order chi connectivity index (χ0) is 42.2. The number of hydrogen-bond donors (Lipinski definition) is 5. The van der Waals surface area contributed by atoms with Crippen LogP contribution < -0.4 is 16.0 Å². The predicted octanol–water partition coefficient (Wildman–Crippen LogP) is 3.71. The van der Waals surface area contributed by atoms with Gasteiger partial charge in [0.1, 0.15) is 49.7 Å². The summed E-state index contributed by atoms with van der Waals surface area (Å²) < 4.78 is 54.8. The van der Waals surface area contributed by atoms with Crippen LogP contribution in [-0.2, 0) is 55.8 Å². The fourth-order valence-corrected chi connectivity index (χ4v) is 7.98. The number of carbonyl (C=O) groups is 3. The fourth-order valence-electron chi connectivity index (χ4n) is 7.98. The van der Waals surface area contributed by atoms with Crippen molar-refractivity contribution in [1.29, 1.82) is 0 Å². The normalized spacial score (nSPS) is 35.8. The number of aliphatic hydroxyl groups excluding tert-OH is 2. The summed E-state index contributed by atoms with van der Waals surface area (Å²) in [6, 6.07) is 16.5. The van der Waals surface area contributed by atoms with Gasteiger partial charge in [0.15, 0.2) is 25.0 Å². The zero-order valence-electron chi connectivity index (χ0n) is 33.8. The quantitative estimate of drug-likeness (QED) is 0.128. The van der Waals surface area contributed by atoms with Crippen molar-refractivity contribution in [2.24, 2.45) is 5.92 Å². The second-order valence-electron chi connectivity index (χ2n) is 15.5. The van der Waals surface area contributed by atoms with Crippen LogP contribution in [0.25, 0.3) is 0 Å². The Morgan fingerprint density at radius 2 is 1.25 bits per heavy atom. The van der Waals surface area contributed by atoms with Gasteiger partial charge in [-0.15, -0.1) is 0 Å². The summed E-state index contributed by atoms with van der Waals surface area (Å²) in [4.78, 5) is 38.5. The number of aliphatic hydroxyl groups is 2. The van der Waals surface area contributed by atoms with Gasteiger partial charge in [0, 0.05) is 0 Å². The van der Waals surface area contributed by atoms with Crippen LogP contribution in [0, 0.1) is 5.92 Å². The van der Waals surface area contributed by atoms with Gasteiger partial charge in [-0.25, -0.2) is 14.4 Å². The average molecular weight is 838 g/mol. The molecule has 3 fully saturated rings. The first-order chi connectivity index (χ1) is 29.1. The molecule has 15 unspecified atom stereocenters. The van der Waals surface area contributed by atoms with Crippen LogP contribution in [0.2, 0.25) is 0 Å². The van der Waals surface area contributed by atoms with Crippen molar-refractivity contribution in [3.05, 3.63) is 96.1 Å². The molecule has 4 heterocycles. The third kappa shape index (κ3) is 10.6. The van der Waals surface area contributed by atoms with Crippen molar-refractivity contribution >= 4 is 18.3 Å². The molecular weight excluding hydrogens is 782 g/mol. The maximum absolute atomic E-state index is 13.0. The second-order valence-corrected chi connectivity index (χ2v) is 15.5. The van der Waals surface area contributed by atoms with Crippen molar-refractivity contribution in [3.8, 4) is 0 Å². The Morgan fingerprint density at radius 3 is 1.77 bits per heavy atom. The first kappa shape index (κ1) is 43.5. The lowest BCUT2D eigenvalue weighted by Crippen LogP contribution is -2.60. The molecular formula is C43H55N3O14. The molecule has 5 aliphatic rings. The third-order valence-electron chi connectivity index (χ3n) is 11.2. The lowest BCUT2D eigenvalue weighted by Gasteiger charge is -2.45. The molecule has 60 heavy (non-hydrogen) atoms. The first-order valence-electron chi connectivity index (χ1n) is 20.6. The summed E-state index contributed by atoms with van der Waals surface area (Å²) in [5, 5.41) is 30.7. The SMILES string of the molecule is CCC1C=CC(NC(=O)OCc2ccccc2)C(OC2C(CO)OC(OC3C(OC4OC(CC)C=CC4NC(=O)OCc4ccccc4)C(C)CC4NC(=O)OC43)C2O)O1. The van der Waals surface area contributed by atoms with Crippen LogP contribution in [0.1, 0.15) is 51.2 Å². The van der Waals surface area contributed by atoms with E-state index in [1.165, 1.54) is 0 Å². The number of nitrogens with one attached hydrogen (secondary N) is 3. The van der Waals surface area contributed by atoms with Gasteiger partial charge in [0.25, 0.3) is 0 Å². The summed E-state index contributed by atoms with van der Waals surface area (Å²) in [5.74, 6) is -0.264. The molecule has 2 aromatic rings. The Hall–Kier alpha value is -4.59. The lowest BCUT2D eigenvalue weighted by molar-refractivity contribution is -0.283. The standard InChI is InChI=1S/C43H55N3O14/c1-4-27-16-18-29(44-41(49)52-22-25-12-8-6-9-13-25)38(54-27)57-34-24(3)20-31-35(60-43(51)46-31)37(34)59-40-33(48)36(32(21-47)56-40)58-39-30(19-17-28(5-2)55-39)45-42(50)53-23-26-14-10-7-11-15-26/h6-19,24,27-40,47-48H,4-5,20-23H2,1-3H3,(H,44,49)(H,45,50)(H,46,51). The highest BCUT2D eigenvalue weighted by molar-refractivity contribution is 5.70. The van der Waals surface area contributed by atoms with E-state index in [0.717, 1.165) is 11.1 Å². The van der Waals surface area contributed by atoms with E-state index in [4.69, 9.17) is 42.6 Å². The number of amides is 3.